The number of benzene rings is 1. The predicted octanol–water partition coefficient (Wildman–Crippen LogP) is 3.57. The predicted molar refractivity (Wildman–Crippen MR) is 81.6 cm³/mol. The third-order valence-electron chi connectivity index (χ3n) is 3.55. The Balaban J connectivity index is 2.95. The van der Waals surface area contributed by atoms with Gasteiger partial charge in [-0.3, -0.25) is 11.3 Å². The van der Waals surface area contributed by atoms with Crippen LogP contribution in [-0.4, -0.2) is 18.2 Å². The molecule has 0 radical (unpaired) electrons. The van der Waals surface area contributed by atoms with Gasteiger partial charge in [-0.25, -0.2) is 0 Å². The van der Waals surface area contributed by atoms with Crippen LogP contribution >= 0.6 is 23.2 Å². The molecule has 2 atom stereocenters. The molecule has 0 fully saturated rings. The van der Waals surface area contributed by atoms with E-state index in [1.54, 1.807) is 12.1 Å². The fourth-order valence-corrected chi connectivity index (χ4v) is 2.54. The number of hydrogen-bond donors (Lipinski definition) is 2. The standard InChI is InChI=1S/C14H22Cl2N2O/c1-4-14(3,19-5-2)13(18-17)9-10-8-11(15)6-7-12(10)16/h6-8,13,18H,4-5,9,17H2,1-3H3. The van der Waals surface area contributed by atoms with Crippen molar-refractivity contribution in [2.24, 2.45) is 5.84 Å². The van der Waals surface area contributed by atoms with Crippen molar-refractivity contribution >= 4 is 23.2 Å². The molecule has 2 unspecified atom stereocenters. The molecule has 0 saturated carbocycles. The van der Waals surface area contributed by atoms with E-state index in [1.165, 1.54) is 0 Å². The van der Waals surface area contributed by atoms with E-state index in [0.717, 1.165) is 12.0 Å². The number of nitrogens with one attached hydrogen (secondary N) is 1. The summed E-state index contributed by atoms with van der Waals surface area (Å²) in [5.74, 6) is 5.69. The molecular weight excluding hydrogens is 283 g/mol. The Hall–Kier alpha value is -0.320. The highest BCUT2D eigenvalue weighted by molar-refractivity contribution is 6.33. The molecule has 0 spiro atoms. The fourth-order valence-electron chi connectivity index (χ4n) is 2.15. The van der Waals surface area contributed by atoms with Crippen LogP contribution < -0.4 is 11.3 Å². The van der Waals surface area contributed by atoms with Gasteiger partial charge in [-0.05, 0) is 50.5 Å². The molecule has 0 aliphatic carbocycles. The molecule has 1 rings (SSSR count). The Bertz CT molecular complexity index is 414. The molecule has 5 heteroatoms. The van der Waals surface area contributed by atoms with Crippen LogP contribution in [0.15, 0.2) is 18.2 Å². The van der Waals surface area contributed by atoms with Crippen LogP contribution in [0.1, 0.15) is 32.8 Å². The van der Waals surface area contributed by atoms with Crippen LogP contribution in [-0.2, 0) is 11.2 Å². The Morgan fingerprint density at radius 3 is 2.58 bits per heavy atom. The average molecular weight is 305 g/mol. The Morgan fingerprint density at radius 2 is 2.05 bits per heavy atom. The van der Waals surface area contributed by atoms with E-state index in [9.17, 15) is 0 Å². The fraction of sp³-hybridized carbons (Fsp3) is 0.571. The molecule has 19 heavy (non-hydrogen) atoms. The third-order valence-corrected chi connectivity index (χ3v) is 4.15. The Morgan fingerprint density at radius 1 is 1.37 bits per heavy atom. The highest BCUT2D eigenvalue weighted by atomic mass is 35.5. The van der Waals surface area contributed by atoms with Crippen molar-refractivity contribution in [2.45, 2.75) is 45.3 Å². The number of halogens is 2. The molecular formula is C14H22Cl2N2O. The first-order valence-electron chi connectivity index (χ1n) is 6.50. The van der Waals surface area contributed by atoms with Gasteiger partial charge in [0.2, 0.25) is 0 Å². The number of ether oxygens (including phenoxy) is 1. The van der Waals surface area contributed by atoms with E-state index in [4.69, 9.17) is 33.8 Å². The van der Waals surface area contributed by atoms with Gasteiger partial charge in [0.05, 0.1) is 11.6 Å². The Labute approximate surface area is 125 Å². The summed E-state index contributed by atoms with van der Waals surface area (Å²) in [5.41, 5.74) is 3.48. The highest BCUT2D eigenvalue weighted by Crippen LogP contribution is 2.27. The van der Waals surface area contributed by atoms with Crippen molar-refractivity contribution in [2.75, 3.05) is 6.61 Å². The molecule has 3 N–H and O–H groups in total. The number of hydrogen-bond acceptors (Lipinski definition) is 3. The zero-order chi connectivity index (χ0) is 14.5. The molecule has 108 valence electrons. The van der Waals surface area contributed by atoms with Crippen LogP contribution in [0.4, 0.5) is 0 Å². The summed E-state index contributed by atoms with van der Waals surface area (Å²) in [6.07, 6.45) is 1.52. The molecule has 0 saturated heterocycles. The SMILES string of the molecule is CCOC(C)(CC)C(Cc1cc(Cl)ccc1Cl)NN. The van der Waals surface area contributed by atoms with Gasteiger partial charge in [0.1, 0.15) is 0 Å². The second-order valence-corrected chi connectivity index (χ2v) is 5.60. The van der Waals surface area contributed by atoms with Crippen LogP contribution in [0.3, 0.4) is 0 Å². The van der Waals surface area contributed by atoms with Gasteiger partial charge in [-0.15, -0.1) is 0 Å². The smallest absolute Gasteiger partial charge is 0.0820 e. The molecule has 0 aliphatic heterocycles. The van der Waals surface area contributed by atoms with Gasteiger partial charge < -0.3 is 4.74 Å². The first-order valence-corrected chi connectivity index (χ1v) is 7.26. The lowest BCUT2D eigenvalue weighted by Gasteiger charge is -2.36. The van der Waals surface area contributed by atoms with Crippen molar-refractivity contribution < 1.29 is 4.74 Å². The summed E-state index contributed by atoms with van der Waals surface area (Å²) in [6, 6.07) is 5.42. The minimum absolute atomic E-state index is 0.0339. The minimum atomic E-state index is -0.338. The van der Waals surface area contributed by atoms with Gasteiger partial charge in [0.25, 0.3) is 0 Å². The van der Waals surface area contributed by atoms with Crippen LogP contribution in [0, 0.1) is 0 Å². The highest BCUT2D eigenvalue weighted by Gasteiger charge is 2.33. The van der Waals surface area contributed by atoms with E-state index in [0.29, 0.717) is 23.1 Å². The first kappa shape index (κ1) is 16.7. The maximum absolute atomic E-state index is 6.20. The second-order valence-electron chi connectivity index (χ2n) is 4.76. The summed E-state index contributed by atoms with van der Waals surface area (Å²) >= 11 is 12.2. The van der Waals surface area contributed by atoms with Gasteiger partial charge in [0.15, 0.2) is 0 Å². The first-order chi connectivity index (χ1) is 8.96. The molecule has 1 aromatic rings. The molecule has 1 aromatic carbocycles. The summed E-state index contributed by atoms with van der Waals surface area (Å²) in [5, 5.41) is 1.37. The number of hydrazine groups is 1. The molecule has 0 bridgehead atoms. The van der Waals surface area contributed by atoms with E-state index in [-0.39, 0.29) is 11.6 Å². The number of rotatable bonds is 7. The second kappa shape index (κ2) is 7.46. The molecule has 0 aliphatic rings. The van der Waals surface area contributed by atoms with E-state index >= 15 is 0 Å². The normalized spacial score (nSPS) is 16.1. The monoisotopic (exact) mass is 304 g/mol. The Kier molecular flexibility index (Phi) is 6.57. The molecule has 0 heterocycles. The lowest BCUT2D eigenvalue weighted by Crippen LogP contribution is -2.54. The summed E-state index contributed by atoms with van der Waals surface area (Å²) in [4.78, 5) is 0. The van der Waals surface area contributed by atoms with Crippen LogP contribution in [0.2, 0.25) is 10.0 Å². The van der Waals surface area contributed by atoms with Crippen molar-refractivity contribution in [3.8, 4) is 0 Å². The molecule has 0 amide bonds. The quantitative estimate of drug-likeness (QED) is 0.598. The maximum atomic E-state index is 6.20. The van der Waals surface area contributed by atoms with Gasteiger partial charge in [-0.1, -0.05) is 30.1 Å². The van der Waals surface area contributed by atoms with Gasteiger partial charge in [0, 0.05) is 16.7 Å². The van der Waals surface area contributed by atoms with E-state index in [1.807, 2.05) is 13.0 Å². The maximum Gasteiger partial charge on any atom is 0.0820 e. The summed E-state index contributed by atoms with van der Waals surface area (Å²) < 4.78 is 5.86. The lowest BCUT2D eigenvalue weighted by molar-refractivity contribution is -0.0550. The van der Waals surface area contributed by atoms with Crippen molar-refractivity contribution in [3.05, 3.63) is 33.8 Å². The van der Waals surface area contributed by atoms with E-state index in [2.05, 4.69) is 19.3 Å². The van der Waals surface area contributed by atoms with Gasteiger partial charge in [-0.2, -0.15) is 0 Å². The zero-order valence-corrected chi connectivity index (χ0v) is 13.2. The lowest BCUT2D eigenvalue weighted by atomic mass is 9.88. The van der Waals surface area contributed by atoms with Crippen molar-refractivity contribution in [1.29, 1.82) is 0 Å². The zero-order valence-electron chi connectivity index (χ0n) is 11.7. The third kappa shape index (κ3) is 4.33. The average Bonchev–Trinajstić information content (AvgIpc) is 2.39. The minimum Gasteiger partial charge on any atom is -0.374 e. The molecule has 3 nitrogen and oxygen atoms in total. The summed E-state index contributed by atoms with van der Waals surface area (Å²) in [7, 11) is 0. The van der Waals surface area contributed by atoms with Crippen LogP contribution in [0.5, 0.6) is 0 Å². The summed E-state index contributed by atoms with van der Waals surface area (Å²) in [6.45, 7) is 6.76. The largest absolute Gasteiger partial charge is 0.374 e. The number of nitrogens with two attached hydrogens (primary N) is 1. The topological polar surface area (TPSA) is 47.3 Å². The molecule has 0 aromatic heterocycles. The van der Waals surface area contributed by atoms with Crippen molar-refractivity contribution in [1.82, 2.24) is 5.43 Å². The van der Waals surface area contributed by atoms with Crippen LogP contribution in [0.25, 0.3) is 0 Å². The van der Waals surface area contributed by atoms with Crippen molar-refractivity contribution in [3.63, 3.8) is 0 Å². The van der Waals surface area contributed by atoms with E-state index < -0.39 is 0 Å². The van der Waals surface area contributed by atoms with Gasteiger partial charge >= 0.3 is 0 Å².